The summed E-state index contributed by atoms with van der Waals surface area (Å²) in [4.78, 5) is 16.3. The number of thiophene rings is 1. The van der Waals surface area contributed by atoms with E-state index in [1.807, 2.05) is 6.92 Å². The molecule has 2 aromatic heterocycles. The largest absolute Gasteiger partial charge is 0.482 e. The minimum absolute atomic E-state index is 0.0728. The normalized spacial score (nSPS) is 10.6. The Hall–Kier alpha value is -1.89. The number of carboxylic acids is 1. The second-order valence-electron chi connectivity index (χ2n) is 3.99. The minimum atomic E-state index is -0.982. The number of nitrogens with zero attached hydrogens (tertiary/aromatic N) is 2. The van der Waals surface area contributed by atoms with Crippen molar-refractivity contribution in [2.75, 3.05) is 0 Å². The topological polar surface area (TPSA) is 85.5 Å². The summed E-state index contributed by atoms with van der Waals surface area (Å²) in [7, 11) is 0. The molecule has 0 atom stereocenters. The third-order valence-corrected chi connectivity index (χ3v) is 3.52. The molecular formula is C12H14N2O4S. The van der Waals surface area contributed by atoms with Gasteiger partial charge in [0.25, 0.3) is 5.89 Å². The van der Waals surface area contributed by atoms with Crippen LogP contribution in [-0.2, 0) is 13.0 Å². The zero-order valence-electron chi connectivity index (χ0n) is 10.7. The van der Waals surface area contributed by atoms with E-state index in [9.17, 15) is 4.79 Å². The Balaban J connectivity index is 2.11. The fourth-order valence-corrected chi connectivity index (χ4v) is 2.63. The van der Waals surface area contributed by atoms with Crippen LogP contribution in [0.1, 0.15) is 39.6 Å². The van der Waals surface area contributed by atoms with E-state index in [1.54, 1.807) is 13.0 Å². The van der Waals surface area contributed by atoms with E-state index in [2.05, 4.69) is 10.1 Å². The van der Waals surface area contributed by atoms with Crippen LogP contribution in [0.3, 0.4) is 0 Å². The van der Waals surface area contributed by atoms with Crippen LogP contribution >= 0.6 is 11.3 Å². The molecule has 0 unspecified atom stereocenters. The van der Waals surface area contributed by atoms with Crippen LogP contribution in [0.2, 0.25) is 0 Å². The standard InChI is InChI=1S/C12H14N2O4S/c1-3-4-8-5-9(11(19-8)12(15)16)17-6-10-13-7(2)14-18-10/h5H,3-4,6H2,1-2H3,(H,15,16). The van der Waals surface area contributed by atoms with E-state index >= 15 is 0 Å². The predicted octanol–water partition coefficient (Wildman–Crippen LogP) is 2.67. The van der Waals surface area contributed by atoms with E-state index in [4.69, 9.17) is 14.4 Å². The van der Waals surface area contributed by atoms with Crippen molar-refractivity contribution >= 4 is 17.3 Å². The Kier molecular flexibility index (Phi) is 4.16. The smallest absolute Gasteiger partial charge is 0.349 e. The molecule has 0 aromatic carbocycles. The van der Waals surface area contributed by atoms with Crippen LogP contribution in [0.25, 0.3) is 0 Å². The Morgan fingerprint density at radius 3 is 2.95 bits per heavy atom. The lowest BCUT2D eigenvalue weighted by atomic mass is 10.3. The van der Waals surface area contributed by atoms with Crippen molar-refractivity contribution in [3.05, 3.63) is 27.5 Å². The number of hydrogen-bond acceptors (Lipinski definition) is 6. The first kappa shape index (κ1) is 13.5. The summed E-state index contributed by atoms with van der Waals surface area (Å²) < 4.78 is 10.4. The van der Waals surface area contributed by atoms with Gasteiger partial charge in [-0.3, -0.25) is 0 Å². The van der Waals surface area contributed by atoms with Crippen LogP contribution in [0, 0.1) is 6.92 Å². The van der Waals surface area contributed by atoms with E-state index in [-0.39, 0.29) is 11.5 Å². The van der Waals surface area contributed by atoms with Gasteiger partial charge in [-0.05, 0) is 19.4 Å². The Morgan fingerprint density at radius 1 is 1.58 bits per heavy atom. The second-order valence-corrected chi connectivity index (χ2v) is 5.12. The Labute approximate surface area is 114 Å². The van der Waals surface area contributed by atoms with Gasteiger partial charge in [0.05, 0.1) is 0 Å². The maximum atomic E-state index is 11.1. The van der Waals surface area contributed by atoms with Crippen LogP contribution in [0.15, 0.2) is 10.6 Å². The van der Waals surface area contributed by atoms with Crippen molar-refractivity contribution < 1.29 is 19.2 Å². The lowest BCUT2D eigenvalue weighted by Gasteiger charge is -2.01. The molecule has 7 heteroatoms. The number of aromatic nitrogens is 2. The molecule has 2 rings (SSSR count). The average molecular weight is 282 g/mol. The van der Waals surface area contributed by atoms with Crippen molar-refractivity contribution in [2.45, 2.75) is 33.3 Å². The first-order valence-electron chi connectivity index (χ1n) is 5.88. The number of rotatable bonds is 6. The molecular weight excluding hydrogens is 268 g/mol. The number of carbonyl (C=O) groups is 1. The lowest BCUT2D eigenvalue weighted by Crippen LogP contribution is -2.00. The summed E-state index contributed by atoms with van der Waals surface area (Å²) in [6.07, 6.45) is 1.80. The van der Waals surface area contributed by atoms with Gasteiger partial charge in [0.1, 0.15) is 5.75 Å². The minimum Gasteiger partial charge on any atom is -0.482 e. The summed E-state index contributed by atoms with van der Waals surface area (Å²) in [5.74, 6) is 0.229. The highest BCUT2D eigenvalue weighted by atomic mass is 32.1. The van der Waals surface area contributed by atoms with Gasteiger partial charge in [0.2, 0.25) is 0 Å². The molecule has 0 saturated carbocycles. The van der Waals surface area contributed by atoms with Gasteiger partial charge in [0.15, 0.2) is 17.3 Å². The van der Waals surface area contributed by atoms with Gasteiger partial charge in [-0.2, -0.15) is 4.98 Å². The fraction of sp³-hybridized carbons (Fsp3) is 0.417. The van der Waals surface area contributed by atoms with Gasteiger partial charge >= 0.3 is 5.97 Å². The summed E-state index contributed by atoms with van der Waals surface area (Å²) >= 11 is 1.24. The zero-order valence-corrected chi connectivity index (χ0v) is 11.5. The molecule has 0 fully saturated rings. The van der Waals surface area contributed by atoms with Crippen LogP contribution in [0.5, 0.6) is 5.75 Å². The highest BCUT2D eigenvalue weighted by Crippen LogP contribution is 2.30. The van der Waals surface area contributed by atoms with E-state index in [0.717, 1.165) is 17.7 Å². The molecule has 0 aliphatic carbocycles. The first-order chi connectivity index (χ1) is 9.10. The molecule has 0 radical (unpaired) electrons. The molecule has 2 aromatic rings. The molecule has 1 N–H and O–H groups in total. The number of carboxylic acid groups (broad SMARTS) is 1. The molecule has 6 nitrogen and oxygen atoms in total. The summed E-state index contributed by atoms with van der Waals surface area (Å²) in [6.45, 7) is 3.82. The molecule has 0 saturated heterocycles. The van der Waals surface area contributed by atoms with E-state index in [0.29, 0.717) is 17.5 Å². The molecule has 0 amide bonds. The molecule has 0 aliphatic heterocycles. The number of aryl methyl sites for hydroxylation is 2. The van der Waals surface area contributed by atoms with Gasteiger partial charge in [-0.1, -0.05) is 18.5 Å². The van der Waals surface area contributed by atoms with Crippen molar-refractivity contribution in [1.29, 1.82) is 0 Å². The van der Waals surface area contributed by atoms with Crippen molar-refractivity contribution in [1.82, 2.24) is 10.1 Å². The SMILES string of the molecule is CCCc1cc(OCc2nc(C)no2)c(C(=O)O)s1. The van der Waals surface area contributed by atoms with Crippen LogP contribution in [-0.4, -0.2) is 21.2 Å². The molecule has 19 heavy (non-hydrogen) atoms. The van der Waals surface area contributed by atoms with Gasteiger partial charge in [-0.15, -0.1) is 11.3 Å². The lowest BCUT2D eigenvalue weighted by molar-refractivity contribution is 0.0697. The average Bonchev–Trinajstić information content (AvgIpc) is 2.93. The van der Waals surface area contributed by atoms with Gasteiger partial charge in [-0.25, -0.2) is 4.79 Å². The summed E-state index contributed by atoms with van der Waals surface area (Å²) in [5.41, 5.74) is 0. The summed E-state index contributed by atoms with van der Waals surface area (Å²) in [6, 6.07) is 1.76. The fourth-order valence-electron chi connectivity index (χ4n) is 1.59. The zero-order chi connectivity index (χ0) is 13.8. The summed E-state index contributed by atoms with van der Waals surface area (Å²) in [5, 5.41) is 12.8. The number of hydrogen-bond donors (Lipinski definition) is 1. The number of aromatic carboxylic acids is 1. The van der Waals surface area contributed by atoms with Crippen molar-refractivity contribution in [3.8, 4) is 5.75 Å². The molecule has 2 heterocycles. The molecule has 0 aliphatic rings. The molecule has 0 bridgehead atoms. The highest BCUT2D eigenvalue weighted by Gasteiger charge is 2.17. The van der Waals surface area contributed by atoms with Crippen LogP contribution in [0.4, 0.5) is 0 Å². The van der Waals surface area contributed by atoms with Crippen molar-refractivity contribution in [3.63, 3.8) is 0 Å². The quantitative estimate of drug-likeness (QED) is 0.876. The van der Waals surface area contributed by atoms with E-state index < -0.39 is 5.97 Å². The molecule has 0 spiro atoms. The first-order valence-corrected chi connectivity index (χ1v) is 6.69. The monoisotopic (exact) mass is 282 g/mol. The second kappa shape index (κ2) is 5.83. The van der Waals surface area contributed by atoms with E-state index in [1.165, 1.54) is 11.3 Å². The van der Waals surface area contributed by atoms with Crippen LogP contribution < -0.4 is 4.74 Å². The van der Waals surface area contributed by atoms with Crippen molar-refractivity contribution in [2.24, 2.45) is 0 Å². The predicted molar refractivity (Wildman–Crippen MR) is 68.6 cm³/mol. The highest BCUT2D eigenvalue weighted by molar-refractivity contribution is 7.14. The maximum Gasteiger partial charge on any atom is 0.349 e. The maximum absolute atomic E-state index is 11.1. The third kappa shape index (κ3) is 3.31. The number of ether oxygens (including phenoxy) is 1. The Morgan fingerprint density at radius 2 is 2.37 bits per heavy atom. The van der Waals surface area contributed by atoms with Gasteiger partial charge < -0.3 is 14.4 Å². The Bertz CT molecular complexity index is 576. The van der Waals surface area contributed by atoms with Gasteiger partial charge in [0, 0.05) is 4.88 Å². The third-order valence-electron chi connectivity index (χ3n) is 2.36. The molecule has 102 valence electrons.